The minimum absolute atomic E-state index is 0.140. The number of hydrogen-bond donors (Lipinski definition) is 0. The molecule has 0 amide bonds. The first-order chi connectivity index (χ1) is 12.7. The average molecular weight is 377 g/mol. The van der Waals surface area contributed by atoms with Crippen LogP contribution in [-0.2, 0) is 16.1 Å². The van der Waals surface area contributed by atoms with E-state index in [9.17, 15) is 4.79 Å². The second-order valence-electron chi connectivity index (χ2n) is 6.66. The summed E-state index contributed by atoms with van der Waals surface area (Å²) in [6, 6.07) is 7.46. The quantitative estimate of drug-likeness (QED) is 0.339. The molecule has 5 heteroatoms. The van der Waals surface area contributed by atoms with Gasteiger partial charge in [-0.05, 0) is 24.1 Å². The highest BCUT2D eigenvalue weighted by Gasteiger charge is 2.17. The molecule has 2 aromatic rings. The Labute approximate surface area is 161 Å². The number of esters is 1. The Bertz CT molecular complexity index is 626. The maximum Gasteiger partial charge on any atom is 0.306 e. The molecule has 4 nitrogen and oxygen atoms in total. The smallest absolute Gasteiger partial charge is 0.306 e. The van der Waals surface area contributed by atoms with E-state index >= 15 is 0 Å². The first-order valence-electron chi connectivity index (χ1n) is 9.59. The first kappa shape index (κ1) is 20.5. The molecule has 2 rings (SSSR count). The summed E-state index contributed by atoms with van der Waals surface area (Å²) in [7, 11) is 0. The van der Waals surface area contributed by atoms with Crippen molar-refractivity contribution in [2.24, 2.45) is 0 Å². The number of rotatable bonds is 12. The number of hydrogen-bond acceptors (Lipinski definition) is 3. The number of benzene rings is 1. The monoisotopic (exact) mass is 376 g/mol. The van der Waals surface area contributed by atoms with E-state index in [4.69, 9.17) is 16.3 Å². The number of nitrogens with zero attached hydrogens (tertiary/aromatic N) is 2. The van der Waals surface area contributed by atoms with Crippen molar-refractivity contribution in [1.29, 1.82) is 0 Å². The molecule has 1 unspecified atom stereocenters. The van der Waals surface area contributed by atoms with Crippen LogP contribution in [0.4, 0.5) is 0 Å². The van der Waals surface area contributed by atoms with Gasteiger partial charge in [0.25, 0.3) is 0 Å². The zero-order valence-corrected chi connectivity index (χ0v) is 16.3. The molecule has 0 saturated heterocycles. The number of carbonyl (C=O) groups is 1. The van der Waals surface area contributed by atoms with Crippen LogP contribution in [0.2, 0.25) is 5.02 Å². The molecule has 1 aromatic carbocycles. The molecule has 1 aromatic heterocycles. The summed E-state index contributed by atoms with van der Waals surface area (Å²) in [6.45, 7) is 2.77. The van der Waals surface area contributed by atoms with Crippen molar-refractivity contribution in [3.8, 4) is 0 Å². The van der Waals surface area contributed by atoms with Gasteiger partial charge in [-0.3, -0.25) is 4.79 Å². The van der Waals surface area contributed by atoms with Gasteiger partial charge in [0.2, 0.25) is 0 Å². The molecule has 26 heavy (non-hydrogen) atoms. The zero-order valence-electron chi connectivity index (χ0n) is 15.6. The Morgan fingerprint density at radius 3 is 2.46 bits per heavy atom. The third-order valence-electron chi connectivity index (χ3n) is 4.44. The predicted molar refractivity (Wildman–Crippen MR) is 105 cm³/mol. The summed E-state index contributed by atoms with van der Waals surface area (Å²) in [5.74, 6) is -0.140. The Balaban J connectivity index is 1.81. The van der Waals surface area contributed by atoms with Crippen molar-refractivity contribution in [2.75, 3.05) is 0 Å². The van der Waals surface area contributed by atoms with Crippen LogP contribution in [0.5, 0.6) is 0 Å². The van der Waals surface area contributed by atoms with Crippen molar-refractivity contribution in [1.82, 2.24) is 9.55 Å². The molecular weight excluding hydrogens is 348 g/mol. The highest BCUT2D eigenvalue weighted by atomic mass is 35.5. The molecule has 0 aliphatic heterocycles. The van der Waals surface area contributed by atoms with Gasteiger partial charge in [0.05, 0.1) is 12.9 Å². The number of imidazole rings is 1. The lowest BCUT2D eigenvalue weighted by atomic mass is 10.1. The minimum atomic E-state index is -0.335. The van der Waals surface area contributed by atoms with Crippen LogP contribution in [0.1, 0.15) is 70.0 Å². The Kier molecular flexibility index (Phi) is 9.26. The molecule has 142 valence electrons. The Morgan fingerprint density at radius 1 is 1.12 bits per heavy atom. The van der Waals surface area contributed by atoms with Gasteiger partial charge in [-0.1, -0.05) is 69.2 Å². The third-order valence-corrected chi connectivity index (χ3v) is 4.69. The maximum atomic E-state index is 12.3. The van der Waals surface area contributed by atoms with E-state index in [0.717, 1.165) is 18.4 Å². The van der Waals surface area contributed by atoms with Crippen molar-refractivity contribution in [3.63, 3.8) is 0 Å². The minimum Gasteiger partial charge on any atom is -0.456 e. The molecule has 0 fully saturated rings. The van der Waals surface area contributed by atoms with Gasteiger partial charge in [-0.2, -0.15) is 0 Å². The fourth-order valence-corrected chi connectivity index (χ4v) is 3.04. The van der Waals surface area contributed by atoms with Crippen molar-refractivity contribution < 1.29 is 9.53 Å². The number of carbonyl (C=O) groups excluding carboxylic acids is 1. The van der Waals surface area contributed by atoms with E-state index < -0.39 is 0 Å². The molecule has 1 heterocycles. The normalized spacial score (nSPS) is 12.1. The lowest BCUT2D eigenvalue weighted by Gasteiger charge is -2.19. The second-order valence-corrected chi connectivity index (χ2v) is 7.10. The highest BCUT2D eigenvalue weighted by Crippen LogP contribution is 2.23. The van der Waals surface area contributed by atoms with E-state index in [0.29, 0.717) is 18.0 Å². The van der Waals surface area contributed by atoms with Crippen LogP contribution in [0.25, 0.3) is 0 Å². The summed E-state index contributed by atoms with van der Waals surface area (Å²) >= 11 is 5.97. The molecule has 1 atom stereocenters. The molecule has 0 N–H and O–H groups in total. The van der Waals surface area contributed by atoms with Gasteiger partial charge in [0, 0.05) is 23.8 Å². The van der Waals surface area contributed by atoms with Crippen LogP contribution in [0.15, 0.2) is 43.0 Å². The fourth-order valence-electron chi connectivity index (χ4n) is 2.92. The summed E-state index contributed by atoms with van der Waals surface area (Å²) in [4.78, 5) is 16.3. The lowest BCUT2D eigenvalue weighted by molar-refractivity contribution is -0.150. The van der Waals surface area contributed by atoms with Crippen LogP contribution >= 0.6 is 11.6 Å². The van der Waals surface area contributed by atoms with Crippen molar-refractivity contribution >= 4 is 17.6 Å². The average Bonchev–Trinajstić information content (AvgIpc) is 3.14. The number of ether oxygens (including phenoxy) is 1. The van der Waals surface area contributed by atoms with E-state index in [1.807, 2.05) is 35.0 Å². The van der Waals surface area contributed by atoms with E-state index in [1.54, 1.807) is 12.5 Å². The molecule has 0 aliphatic carbocycles. The molecule has 0 spiro atoms. The van der Waals surface area contributed by atoms with E-state index in [2.05, 4.69) is 11.9 Å². The predicted octanol–water partition coefficient (Wildman–Crippen LogP) is 5.96. The fraction of sp³-hybridized carbons (Fsp3) is 0.524. The van der Waals surface area contributed by atoms with Gasteiger partial charge in [0.1, 0.15) is 6.10 Å². The van der Waals surface area contributed by atoms with E-state index in [-0.39, 0.29) is 12.1 Å². The van der Waals surface area contributed by atoms with Gasteiger partial charge in [0.15, 0.2) is 0 Å². The number of aromatic nitrogens is 2. The van der Waals surface area contributed by atoms with Gasteiger partial charge in [-0.25, -0.2) is 4.98 Å². The van der Waals surface area contributed by atoms with E-state index in [1.165, 1.54) is 32.1 Å². The Hall–Kier alpha value is -1.81. The number of halogens is 1. The third kappa shape index (κ3) is 7.61. The maximum absolute atomic E-state index is 12.3. The highest BCUT2D eigenvalue weighted by molar-refractivity contribution is 6.30. The summed E-state index contributed by atoms with van der Waals surface area (Å²) in [6.07, 6.45) is 13.8. The molecule has 0 bridgehead atoms. The molecule has 0 aliphatic rings. The number of unbranched alkanes of at least 4 members (excludes halogenated alkanes) is 6. The van der Waals surface area contributed by atoms with Crippen LogP contribution in [-0.4, -0.2) is 15.5 Å². The Morgan fingerprint density at radius 2 is 1.81 bits per heavy atom. The molecule has 0 radical (unpaired) electrons. The second kappa shape index (κ2) is 11.7. The summed E-state index contributed by atoms with van der Waals surface area (Å²) < 4.78 is 7.68. The summed E-state index contributed by atoms with van der Waals surface area (Å²) in [5, 5.41) is 0.671. The van der Waals surface area contributed by atoms with Crippen LogP contribution in [0.3, 0.4) is 0 Å². The van der Waals surface area contributed by atoms with Gasteiger partial charge < -0.3 is 9.30 Å². The topological polar surface area (TPSA) is 44.1 Å². The largest absolute Gasteiger partial charge is 0.456 e. The summed E-state index contributed by atoms with van der Waals surface area (Å²) in [5.41, 5.74) is 0.941. The molecular formula is C21H29ClN2O2. The lowest BCUT2D eigenvalue weighted by Crippen LogP contribution is -2.16. The van der Waals surface area contributed by atoms with Crippen LogP contribution in [0, 0.1) is 0 Å². The van der Waals surface area contributed by atoms with Crippen molar-refractivity contribution in [3.05, 3.63) is 53.6 Å². The van der Waals surface area contributed by atoms with Gasteiger partial charge >= 0.3 is 5.97 Å². The van der Waals surface area contributed by atoms with Crippen molar-refractivity contribution in [2.45, 2.75) is 70.9 Å². The van der Waals surface area contributed by atoms with Crippen LogP contribution < -0.4 is 0 Å². The van der Waals surface area contributed by atoms with Gasteiger partial charge in [-0.15, -0.1) is 0 Å². The SMILES string of the molecule is CCCCCCCCCC(=O)OC(Cn1ccnc1)c1ccc(Cl)cc1. The standard InChI is InChI=1S/C21H29ClN2O2/c1-2-3-4-5-6-7-8-9-21(25)26-20(16-24-15-14-23-17-24)18-10-12-19(22)13-11-18/h10-15,17,20H,2-9,16H2,1H3. The first-order valence-corrected chi connectivity index (χ1v) is 9.97. The molecule has 0 saturated carbocycles. The zero-order chi connectivity index (χ0) is 18.6.